The third kappa shape index (κ3) is 3.41. The Hall–Kier alpha value is -0.283. The highest BCUT2D eigenvalue weighted by Crippen LogP contribution is 2.28. The third-order valence-electron chi connectivity index (χ3n) is 1.24. The summed E-state index contributed by atoms with van der Waals surface area (Å²) in [5, 5.41) is 0. The second kappa shape index (κ2) is 3.62. The molecule has 0 heterocycles. The van der Waals surface area contributed by atoms with Gasteiger partial charge >= 0.3 is 0 Å². The Bertz CT molecular complexity index is 250. The van der Waals surface area contributed by atoms with Crippen molar-refractivity contribution in [2.75, 3.05) is 0 Å². The summed E-state index contributed by atoms with van der Waals surface area (Å²) < 4.78 is 12.5. The van der Waals surface area contributed by atoms with Crippen molar-refractivity contribution in [3.63, 3.8) is 0 Å². The molecule has 3 heteroatoms. The second-order valence-corrected chi connectivity index (χ2v) is 12.9. The summed E-state index contributed by atoms with van der Waals surface area (Å²) in [6.45, 7) is 6.84. The molecule has 0 saturated carbocycles. The zero-order valence-corrected chi connectivity index (χ0v) is 9.41. The van der Waals surface area contributed by atoms with Crippen molar-refractivity contribution in [2.24, 2.45) is 0 Å². The molecule has 0 fully saturated rings. The lowest BCUT2D eigenvalue weighted by atomic mass is 10.4. The first kappa shape index (κ1) is 9.80. The van der Waals surface area contributed by atoms with Gasteiger partial charge in [-0.2, -0.15) is 11.2 Å². The Morgan fingerprint density at radius 3 is 2.00 bits per heavy atom. The fourth-order valence-electron chi connectivity index (χ4n) is 0.856. The Balaban J connectivity index is 2.71. The van der Waals surface area contributed by atoms with Crippen LogP contribution in [0.4, 0.5) is 4.39 Å². The van der Waals surface area contributed by atoms with E-state index in [9.17, 15) is 4.39 Å². The number of hydrogen-bond acceptors (Lipinski definition) is 1. The number of hydrogen-bond donors (Lipinski definition) is 0. The van der Waals surface area contributed by atoms with E-state index in [2.05, 4.69) is 19.6 Å². The number of benzene rings is 1. The first-order valence-electron chi connectivity index (χ1n) is 3.92. The van der Waals surface area contributed by atoms with Crippen LogP contribution >= 0.6 is 11.2 Å². The Kier molecular flexibility index (Phi) is 2.96. The van der Waals surface area contributed by atoms with Crippen LogP contribution in [0.3, 0.4) is 0 Å². The van der Waals surface area contributed by atoms with Gasteiger partial charge in [0.15, 0.2) is 0 Å². The van der Waals surface area contributed by atoms with Crippen molar-refractivity contribution in [3.8, 4) is 0 Å². The molecule has 0 aliphatic rings. The molecule has 0 nitrogen and oxygen atoms in total. The molecule has 66 valence electrons. The molecular formula is C9H13FSSi. The lowest BCUT2D eigenvalue weighted by molar-refractivity contribution is 0.626. The predicted octanol–water partition coefficient (Wildman–Crippen LogP) is 3.75. The molecule has 0 saturated heterocycles. The van der Waals surface area contributed by atoms with Gasteiger partial charge in [0, 0.05) is 4.90 Å². The van der Waals surface area contributed by atoms with Gasteiger partial charge in [-0.15, -0.1) is 0 Å². The normalized spacial score (nSPS) is 11.7. The third-order valence-corrected chi connectivity index (χ3v) is 4.90. The van der Waals surface area contributed by atoms with Gasteiger partial charge in [-0.25, -0.2) is 4.39 Å². The van der Waals surface area contributed by atoms with E-state index in [0.717, 1.165) is 0 Å². The highest BCUT2D eigenvalue weighted by Gasteiger charge is 2.14. The van der Waals surface area contributed by atoms with Crippen LogP contribution in [0, 0.1) is 5.82 Å². The largest absolute Gasteiger partial charge is 0.207 e. The van der Waals surface area contributed by atoms with Gasteiger partial charge < -0.3 is 0 Å². The van der Waals surface area contributed by atoms with Crippen LogP contribution < -0.4 is 0 Å². The van der Waals surface area contributed by atoms with Crippen LogP contribution in [0.15, 0.2) is 29.2 Å². The van der Waals surface area contributed by atoms with Crippen molar-refractivity contribution in [3.05, 3.63) is 30.1 Å². The molecular weight excluding hydrogens is 187 g/mol. The van der Waals surface area contributed by atoms with Crippen LogP contribution in [-0.4, -0.2) is 7.22 Å². The molecule has 0 N–H and O–H groups in total. The number of halogens is 1. The molecule has 0 bridgehead atoms. The molecule has 0 unspecified atom stereocenters. The molecule has 0 radical (unpaired) electrons. The molecule has 0 aliphatic heterocycles. The summed E-state index contributed by atoms with van der Waals surface area (Å²) in [6, 6.07) is 6.72. The van der Waals surface area contributed by atoms with E-state index in [0.29, 0.717) is 0 Å². The van der Waals surface area contributed by atoms with Crippen molar-refractivity contribution in [1.82, 2.24) is 0 Å². The molecule has 0 amide bonds. The Morgan fingerprint density at radius 1 is 1.08 bits per heavy atom. The summed E-state index contributed by atoms with van der Waals surface area (Å²) in [7, 11) is -1.12. The van der Waals surface area contributed by atoms with E-state index in [1.807, 2.05) is 23.3 Å². The quantitative estimate of drug-likeness (QED) is 0.655. The monoisotopic (exact) mass is 200 g/mol. The molecule has 0 spiro atoms. The van der Waals surface area contributed by atoms with Gasteiger partial charge in [-0.05, 0) is 24.3 Å². The van der Waals surface area contributed by atoms with Crippen molar-refractivity contribution in [2.45, 2.75) is 24.5 Å². The lowest BCUT2D eigenvalue weighted by Crippen LogP contribution is -2.13. The van der Waals surface area contributed by atoms with Crippen LogP contribution in [0.25, 0.3) is 0 Å². The predicted molar refractivity (Wildman–Crippen MR) is 55.6 cm³/mol. The van der Waals surface area contributed by atoms with Crippen molar-refractivity contribution < 1.29 is 4.39 Å². The minimum absolute atomic E-state index is 0.157. The van der Waals surface area contributed by atoms with Crippen LogP contribution in [0.1, 0.15) is 0 Å². The lowest BCUT2D eigenvalue weighted by Gasteiger charge is -2.14. The maximum absolute atomic E-state index is 12.5. The molecule has 0 aromatic heterocycles. The average molecular weight is 200 g/mol. The van der Waals surface area contributed by atoms with Gasteiger partial charge in [0.25, 0.3) is 0 Å². The molecule has 1 rings (SSSR count). The Morgan fingerprint density at radius 2 is 1.58 bits per heavy atom. The van der Waals surface area contributed by atoms with Crippen LogP contribution in [0.2, 0.25) is 19.6 Å². The van der Waals surface area contributed by atoms with E-state index in [-0.39, 0.29) is 5.82 Å². The average Bonchev–Trinajstić information content (AvgIpc) is 1.91. The highest BCUT2D eigenvalue weighted by atomic mass is 32.4. The van der Waals surface area contributed by atoms with Gasteiger partial charge in [-0.3, -0.25) is 0 Å². The van der Waals surface area contributed by atoms with E-state index in [1.54, 1.807) is 0 Å². The Labute approximate surface area is 77.8 Å². The minimum Gasteiger partial charge on any atom is -0.207 e. The van der Waals surface area contributed by atoms with E-state index in [4.69, 9.17) is 0 Å². The summed E-state index contributed by atoms with van der Waals surface area (Å²) in [4.78, 5) is 1.18. The smallest absolute Gasteiger partial charge is 0.123 e. The maximum Gasteiger partial charge on any atom is 0.123 e. The van der Waals surface area contributed by atoms with E-state index < -0.39 is 7.22 Å². The van der Waals surface area contributed by atoms with E-state index in [1.165, 1.54) is 17.0 Å². The fourth-order valence-corrected chi connectivity index (χ4v) is 4.37. The highest BCUT2D eigenvalue weighted by molar-refractivity contribution is 8.28. The first-order valence-corrected chi connectivity index (χ1v) is 8.96. The van der Waals surface area contributed by atoms with Crippen molar-refractivity contribution in [1.29, 1.82) is 0 Å². The minimum atomic E-state index is -1.12. The van der Waals surface area contributed by atoms with Gasteiger partial charge in [-0.1, -0.05) is 19.6 Å². The van der Waals surface area contributed by atoms with Gasteiger partial charge in [0.05, 0.1) is 0 Å². The zero-order valence-electron chi connectivity index (χ0n) is 7.60. The van der Waals surface area contributed by atoms with Gasteiger partial charge in [0.2, 0.25) is 0 Å². The van der Waals surface area contributed by atoms with Crippen LogP contribution in [-0.2, 0) is 0 Å². The van der Waals surface area contributed by atoms with Gasteiger partial charge in [0.1, 0.15) is 13.0 Å². The SMILES string of the molecule is C[Si](C)(C)Sc1ccc(F)cc1. The van der Waals surface area contributed by atoms with Crippen LogP contribution in [0.5, 0.6) is 0 Å². The molecule has 0 aliphatic carbocycles. The zero-order chi connectivity index (χ0) is 9.19. The second-order valence-electron chi connectivity index (χ2n) is 3.67. The molecule has 12 heavy (non-hydrogen) atoms. The topological polar surface area (TPSA) is 0 Å². The first-order chi connectivity index (χ1) is 5.47. The number of rotatable bonds is 2. The summed E-state index contributed by atoms with van der Waals surface area (Å²) in [5.41, 5.74) is 0. The molecule has 1 aromatic rings. The van der Waals surface area contributed by atoms with E-state index >= 15 is 0 Å². The molecule has 1 aromatic carbocycles. The van der Waals surface area contributed by atoms with Crippen molar-refractivity contribution >= 4 is 18.4 Å². The summed E-state index contributed by atoms with van der Waals surface area (Å²) >= 11 is 1.88. The maximum atomic E-state index is 12.5. The summed E-state index contributed by atoms with van der Waals surface area (Å²) in [5.74, 6) is -0.157. The summed E-state index contributed by atoms with van der Waals surface area (Å²) in [6.07, 6.45) is 0. The fraction of sp³-hybridized carbons (Fsp3) is 0.333. The molecule has 0 atom stereocenters. The standard InChI is InChI=1S/C9H13FSSi/c1-12(2,3)11-9-6-4-8(10)5-7-9/h4-7H,1-3H3.